The fourth-order valence-corrected chi connectivity index (χ4v) is 5.44. The van der Waals surface area contributed by atoms with E-state index >= 15 is 0 Å². The normalized spacial score (nSPS) is 19.3. The largest absolute Gasteiger partial charge is 0.355 e. The molecule has 0 aliphatic carbocycles. The first-order valence-corrected chi connectivity index (χ1v) is 14.0. The lowest BCUT2D eigenvalue weighted by Gasteiger charge is -2.35. The van der Waals surface area contributed by atoms with Gasteiger partial charge < -0.3 is 9.80 Å². The van der Waals surface area contributed by atoms with Gasteiger partial charge in [-0.1, -0.05) is 24.8 Å². The van der Waals surface area contributed by atoms with Crippen LogP contribution in [0.15, 0.2) is 47.8 Å². The van der Waals surface area contributed by atoms with Crippen molar-refractivity contribution < 1.29 is 13.2 Å². The Morgan fingerprint density at radius 2 is 1.89 bits per heavy atom. The van der Waals surface area contributed by atoms with Gasteiger partial charge in [-0.3, -0.25) is 9.52 Å². The van der Waals surface area contributed by atoms with Crippen molar-refractivity contribution in [1.82, 2.24) is 24.2 Å². The van der Waals surface area contributed by atoms with Crippen LogP contribution in [0.1, 0.15) is 49.4 Å². The number of allylic oxidation sites excluding steroid dienone is 2. The van der Waals surface area contributed by atoms with Gasteiger partial charge in [-0.2, -0.15) is 0 Å². The Labute approximate surface area is 211 Å². The number of nitrogens with zero attached hydrogens (tertiary/aromatic N) is 5. The molecule has 4 heterocycles. The maximum Gasteiger partial charge on any atom is 0.256 e. The molecule has 1 amide bonds. The number of rotatable bonds is 7. The maximum absolute atomic E-state index is 13.6. The predicted octanol–water partition coefficient (Wildman–Crippen LogP) is 3.43. The average molecular weight is 519 g/mol. The van der Waals surface area contributed by atoms with Gasteiger partial charge in [0.1, 0.15) is 0 Å². The number of aryl methyl sites for hydroxylation is 1. The molecule has 0 spiro atoms. The number of imidazole rings is 1. The van der Waals surface area contributed by atoms with Crippen LogP contribution < -0.4 is 9.62 Å². The van der Waals surface area contributed by atoms with Gasteiger partial charge >= 0.3 is 0 Å². The number of aromatic nitrogens is 3. The number of anilines is 1. The second kappa shape index (κ2) is 10.0. The third-order valence-corrected chi connectivity index (χ3v) is 7.04. The fourth-order valence-electron chi connectivity index (χ4n) is 4.77. The number of hydrogen-bond donors (Lipinski definition) is 1. The minimum Gasteiger partial charge on any atom is -0.355 e. The zero-order valence-electron chi connectivity index (χ0n) is 20.1. The Morgan fingerprint density at radius 3 is 2.54 bits per heavy atom. The van der Waals surface area contributed by atoms with E-state index in [0.29, 0.717) is 6.54 Å². The lowest BCUT2D eigenvalue weighted by atomic mass is 9.98. The molecule has 2 aromatic heterocycles. The second-order valence-electron chi connectivity index (χ2n) is 9.18. The highest BCUT2D eigenvalue weighted by atomic mass is 35.5. The number of likely N-dealkylation sites (tertiary alicyclic amines) is 1. The molecule has 2 saturated heterocycles. The van der Waals surface area contributed by atoms with Crippen LogP contribution in [0.5, 0.6) is 0 Å². The number of piperidine rings is 1. The number of carbonyl (C=O) groups is 1. The molecule has 2 aromatic rings. The summed E-state index contributed by atoms with van der Waals surface area (Å²) in [7, 11) is -3.63. The van der Waals surface area contributed by atoms with Gasteiger partial charge in [0.05, 0.1) is 35.5 Å². The van der Waals surface area contributed by atoms with E-state index in [1.807, 2.05) is 19.2 Å². The fraction of sp³-hybridized carbons (Fsp3) is 0.458. The van der Waals surface area contributed by atoms with E-state index in [0.717, 1.165) is 74.2 Å². The topological polar surface area (TPSA) is 99.9 Å². The van der Waals surface area contributed by atoms with Crippen molar-refractivity contribution in [2.24, 2.45) is 0 Å². The van der Waals surface area contributed by atoms with Gasteiger partial charge in [0.25, 0.3) is 5.91 Å². The Hall–Kier alpha value is -2.85. The van der Waals surface area contributed by atoms with Gasteiger partial charge in [0, 0.05) is 24.7 Å². The van der Waals surface area contributed by atoms with Crippen molar-refractivity contribution in [3.63, 3.8) is 0 Å². The zero-order chi connectivity index (χ0) is 25.3. The van der Waals surface area contributed by atoms with Crippen LogP contribution in [-0.4, -0.2) is 59.7 Å². The zero-order valence-corrected chi connectivity index (χ0v) is 21.7. The molecule has 0 saturated carbocycles. The first kappa shape index (κ1) is 25.2. The Balaban J connectivity index is 1.67. The summed E-state index contributed by atoms with van der Waals surface area (Å²) in [6, 6.07) is 1.74. The maximum atomic E-state index is 13.6. The van der Waals surface area contributed by atoms with Crippen molar-refractivity contribution in [3.8, 4) is 0 Å². The summed E-state index contributed by atoms with van der Waals surface area (Å²) >= 11 is 5.97. The Morgan fingerprint density at radius 1 is 1.20 bits per heavy atom. The molecule has 35 heavy (non-hydrogen) atoms. The summed E-state index contributed by atoms with van der Waals surface area (Å²) in [6.45, 7) is 11.9. The third-order valence-electron chi connectivity index (χ3n) is 6.31. The van der Waals surface area contributed by atoms with Gasteiger partial charge in [-0.05, 0) is 56.7 Å². The van der Waals surface area contributed by atoms with Crippen molar-refractivity contribution in [1.29, 1.82) is 0 Å². The molecule has 2 fully saturated rings. The third kappa shape index (κ3) is 5.70. The Bertz CT molecular complexity index is 1310. The summed E-state index contributed by atoms with van der Waals surface area (Å²) in [5.74, 6) is 0.584. The second-order valence-corrected chi connectivity index (χ2v) is 11.4. The number of halogens is 1. The number of amides is 1. The van der Waals surface area contributed by atoms with Gasteiger partial charge in [0.15, 0.2) is 11.5 Å². The molecule has 2 aliphatic heterocycles. The van der Waals surface area contributed by atoms with Crippen molar-refractivity contribution in [2.75, 3.05) is 30.8 Å². The number of hydrogen-bond acceptors (Lipinski definition) is 6. The Kier molecular flexibility index (Phi) is 7.23. The molecule has 11 heteroatoms. The first-order valence-electron chi connectivity index (χ1n) is 11.7. The average Bonchev–Trinajstić information content (AvgIpc) is 3.44. The molecule has 2 aliphatic rings. The minimum absolute atomic E-state index is 0.0498. The van der Waals surface area contributed by atoms with Crippen LogP contribution >= 0.6 is 11.6 Å². The van der Waals surface area contributed by atoms with Gasteiger partial charge in [0.2, 0.25) is 10.0 Å². The molecule has 9 nitrogen and oxygen atoms in total. The molecule has 1 N–H and O–H groups in total. The SMILES string of the molecule is C=C(Cl)/C=C(\C(=C)NS(C)(=O)=O)C(=O)N1CCCCC1c1cn2nc(N3CCCC3)c(C)cc2n1. The van der Waals surface area contributed by atoms with Crippen LogP contribution in [0.25, 0.3) is 5.65 Å². The van der Waals surface area contributed by atoms with Gasteiger partial charge in [-0.25, -0.2) is 17.9 Å². The highest BCUT2D eigenvalue weighted by Gasteiger charge is 2.33. The van der Waals surface area contributed by atoms with Crippen LogP contribution in [0.3, 0.4) is 0 Å². The molecule has 0 radical (unpaired) electrons. The molecule has 1 atom stereocenters. The van der Waals surface area contributed by atoms with Crippen LogP contribution in [0.4, 0.5) is 5.82 Å². The van der Waals surface area contributed by atoms with E-state index in [-0.39, 0.29) is 28.3 Å². The molecule has 0 bridgehead atoms. The number of fused-ring (bicyclic) bond motifs is 1. The van der Waals surface area contributed by atoms with E-state index in [1.165, 1.54) is 6.08 Å². The molecule has 4 rings (SSSR count). The van der Waals surface area contributed by atoms with Crippen LogP contribution in [-0.2, 0) is 14.8 Å². The summed E-state index contributed by atoms with van der Waals surface area (Å²) in [6.07, 6.45) is 9.06. The number of carbonyl (C=O) groups excluding carboxylic acids is 1. The van der Waals surface area contributed by atoms with E-state index in [1.54, 1.807) is 9.42 Å². The monoisotopic (exact) mass is 518 g/mol. The van der Waals surface area contributed by atoms with E-state index in [9.17, 15) is 13.2 Å². The molecule has 0 aromatic carbocycles. The van der Waals surface area contributed by atoms with E-state index < -0.39 is 10.0 Å². The molecule has 188 valence electrons. The molecule has 1 unspecified atom stereocenters. The lowest BCUT2D eigenvalue weighted by Crippen LogP contribution is -2.41. The first-order chi connectivity index (χ1) is 16.5. The summed E-state index contributed by atoms with van der Waals surface area (Å²) in [4.78, 5) is 22.5. The highest BCUT2D eigenvalue weighted by Crippen LogP contribution is 2.33. The number of sulfonamides is 1. The van der Waals surface area contributed by atoms with Crippen LogP contribution in [0.2, 0.25) is 0 Å². The summed E-state index contributed by atoms with van der Waals surface area (Å²) in [5, 5.41) is 4.93. The summed E-state index contributed by atoms with van der Waals surface area (Å²) in [5.41, 5.74) is 2.55. The molecular weight excluding hydrogens is 488 g/mol. The highest BCUT2D eigenvalue weighted by molar-refractivity contribution is 7.88. The summed E-state index contributed by atoms with van der Waals surface area (Å²) < 4.78 is 27.6. The van der Waals surface area contributed by atoms with E-state index in [2.05, 4.69) is 22.8 Å². The van der Waals surface area contributed by atoms with Crippen molar-refractivity contribution >= 4 is 39.0 Å². The van der Waals surface area contributed by atoms with Crippen LogP contribution in [0, 0.1) is 6.92 Å². The predicted molar refractivity (Wildman–Crippen MR) is 138 cm³/mol. The van der Waals surface area contributed by atoms with Crippen molar-refractivity contribution in [2.45, 2.75) is 45.1 Å². The number of nitrogens with one attached hydrogen (secondary N) is 1. The molecular formula is C24H31ClN6O3S. The van der Waals surface area contributed by atoms with E-state index in [4.69, 9.17) is 21.7 Å². The van der Waals surface area contributed by atoms with Crippen molar-refractivity contribution in [3.05, 3.63) is 59.1 Å². The smallest absolute Gasteiger partial charge is 0.256 e. The van der Waals surface area contributed by atoms with Gasteiger partial charge in [-0.15, -0.1) is 5.10 Å². The minimum atomic E-state index is -3.63. The standard InChI is InChI=1S/C24H31ClN6O3S/c1-16-13-22-26-20(15-31(22)27-23(16)29-10-7-8-11-29)21-9-5-6-12-30(21)24(32)19(14-17(2)25)18(3)28-35(4,33)34/h13-15,21,28H,2-3,5-12H2,1,4H3/b19-14+. The quantitative estimate of drug-likeness (QED) is 0.445. The lowest BCUT2D eigenvalue weighted by molar-refractivity contribution is -0.130.